The minimum Gasteiger partial charge on any atom is -0.399 e. The molecule has 118 valence electrons. The summed E-state index contributed by atoms with van der Waals surface area (Å²) in [5.41, 5.74) is 0.824. The molecule has 22 heavy (non-hydrogen) atoms. The molecule has 2 aliphatic rings. The van der Waals surface area contributed by atoms with Gasteiger partial charge in [0.15, 0.2) is 0 Å². The van der Waals surface area contributed by atoms with Gasteiger partial charge in [0, 0.05) is 5.56 Å². The minimum atomic E-state index is -0.401. The van der Waals surface area contributed by atoms with E-state index < -0.39 is 7.12 Å². The van der Waals surface area contributed by atoms with Crippen molar-refractivity contribution in [1.82, 2.24) is 5.32 Å². The highest BCUT2D eigenvalue weighted by Crippen LogP contribution is 2.36. The first kappa shape index (κ1) is 15.5. The van der Waals surface area contributed by atoms with E-state index >= 15 is 0 Å². The molecule has 2 fully saturated rings. The molecular weight excluding hydrogens is 281 g/mol. The highest BCUT2D eigenvalue weighted by Gasteiger charge is 2.51. The predicted octanol–water partition coefficient (Wildman–Crippen LogP) is 1.11. The van der Waals surface area contributed by atoms with Crippen LogP contribution in [-0.2, 0) is 14.0 Å². The summed E-state index contributed by atoms with van der Waals surface area (Å²) in [6.07, 6.45) is 0. The first-order valence-corrected chi connectivity index (χ1v) is 7.63. The molecular formula is C16H22BNO4. The Labute approximate surface area is 131 Å². The Morgan fingerprint density at radius 1 is 1.09 bits per heavy atom. The Morgan fingerprint density at radius 2 is 1.64 bits per heavy atom. The van der Waals surface area contributed by atoms with Crippen molar-refractivity contribution in [2.45, 2.75) is 44.9 Å². The minimum absolute atomic E-state index is 0.0752. The molecule has 1 amide bonds. The van der Waals surface area contributed by atoms with E-state index in [2.05, 4.69) is 5.32 Å². The van der Waals surface area contributed by atoms with Crippen LogP contribution in [0.4, 0.5) is 0 Å². The lowest BCUT2D eigenvalue weighted by Crippen LogP contribution is -2.48. The van der Waals surface area contributed by atoms with Gasteiger partial charge >= 0.3 is 7.12 Å². The lowest BCUT2D eigenvalue weighted by atomic mass is 9.79. The molecule has 2 aliphatic heterocycles. The quantitative estimate of drug-likeness (QED) is 0.850. The Bertz CT molecular complexity index is 550. The summed E-state index contributed by atoms with van der Waals surface area (Å²) in [6, 6.07) is 7.50. The molecule has 0 bridgehead atoms. The number of carbonyl (C=O) groups excluding carboxylic acids is 1. The maximum atomic E-state index is 12.1. The van der Waals surface area contributed by atoms with Crippen LogP contribution in [0.5, 0.6) is 0 Å². The smallest absolute Gasteiger partial charge is 0.399 e. The van der Waals surface area contributed by atoms with Crippen molar-refractivity contribution >= 4 is 18.5 Å². The van der Waals surface area contributed by atoms with Crippen LogP contribution < -0.4 is 10.8 Å². The molecule has 0 saturated carbocycles. The highest BCUT2D eigenvalue weighted by atomic mass is 16.7. The van der Waals surface area contributed by atoms with Crippen LogP contribution in [-0.4, -0.2) is 43.5 Å². The van der Waals surface area contributed by atoms with Gasteiger partial charge in [-0.1, -0.05) is 12.1 Å². The van der Waals surface area contributed by atoms with Crippen LogP contribution in [0.2, 0.25) is 0 Å². The van der Waals surface area contributed by atoms with Crippen LogP contribution in [0.15, 0.2) is 24.3 Å². The zero-order chi connectivity index (χ0) is 16.0. The van der Waals surface area contributed by atoms with Gasteiger partial charge in [-0.3, -0.25) is 4.79 Å². The molecule has 2 saturated heterocycles. The summed E-state index contributed by atoms with van der Waals surface area (Å²) >= 11 is 0. The Kier molecular flexibility index (Phi) is 3.79. The van der Waals surface area contributed by atoms with E-state index in [9.17, 15) is 4.79 Å². The molecule has 6 heteroatoms. The predicted molar refractivity (Wildman–Crippen MR) is 84.2 cm³/mol. The van der Waals surface area contributed by atoms with Gasteiger partial charge in [-0.15, -0.1) is 0 Å². The molecule has 0 unspecified atom stereocenters. The number of carbonyl (C=O) groups is 1. The molecule has 0 aromatic heterocycles. The summed E-state index contributed by atoms with van der Waals surface area (Å²) in [5, 5.41) is 2.92. The average molecular weight is 303 g/mol. The second kappa shape index (κ2) is 5.37. The van der Waals surface area contributed by atoms with Gasteiger partial charge in [0.25, 0.3) is 5.91 Å². The van der Waals surface area contributed by atoms with Crippen molar-refractivity contribution in [3.8, 4) is 0 Å². The van der Waals surface area contributed by atoms with Crippen molar-refractivity contribution in [3.63, 3.8) is 0 Å². The van der Waals surface area contributed by atoms with E-state index in [1.54, 1.807) is 12.1 Å². The van der Waals surface area contributed by atoms with E-state index in [4.69, 9.17) is 14.0 Å². The second-order valence-corrected chi connectivity index (χ2v) is 6.92. The maximum Gasteiger partial charge on any atom is 0.494 e. The Hall–Kier alpha value is -1.37. The summed E-state index contributed by atoms with van der Waals surface area (Å²) in [6.45, 7) is 9.28. The van der Waals surface area contributed by atoms with Crippen molar-refractivity contribution in [1.29, 1.82) is 0 Å². The van der Waals surface area contributed by atoms with Crippen molar-refractivity contribution in [3.05, 3.63) is 29.8 Å². The summed E-state index contributed by atoms with van der Waals surface area (Å²) in [5.74, 6) is -0.0752. The van der Waals surface area contributed by atoms with E-state index in [-0.39, 0.29) is 23.2 Å². The lowest BCUT2D eigenvalue weighted by Gasteiger charge is -2.32. The van der Waals surface area contributed by atoms with Crippen molar-refractivity contribution < 1.29 is 18.8 Å². The van der Waals surface area contributed by atoms with Gasteiger partial charge in [0.2, 0.25) is 0 Å². The van der Waals surface area contributed by atoms with Gasteiger partial charge < -0.3 is 19.4 Å². The lowest BCUT2D eigenvalue weighted by molar-refractivity contribution is -0.00346. The van der Waals surface area contributed by atoms with E-state index in [0.717, 1.165) is 5.46 Å². The first-order valence-electron chi connectivity index (χ1n) is 7.63. The fourth-order valence-corrected chi connectivity index (χ4v) is 2.36. The number of rotatable bonds is 3. The number of benzene rings is 1. The van der Waals surface area contributed by atoms with Gasteiger partial charge in [0.05, 0.1) is 30.5 Å². The molecule has 1 aromatic rings. The van der Waals surface area contributed by atoms with Crippen molar-refractivity contribution in [2.75, 3.05) is 13.2 Å². The van der Waals surface area contributed by atoms with Crippen LogP contribution in [0, 0.1) is 0 Å². The molecule has 0 spiro atoms. The first-order chi connectivity index (χ1) is 10.3. The molecule has 0 atom stereocenters. The monoisotopic (exact) mass is 303 g/mol. The van der Waals surface area contributed by atoms with Gasteiger partial charge in [0.1, 0.15) is 0 Å². The third-order valence-electron chi connectivity index (χ3n) is 4.67. The molecule has 0 aliphatic carbocycles. The SMILES string of the molecule is CC1(C)OB(c2ccc(C(=O)NC3COC3)cc2)OC1(C)C. The number of ether oxygens (including phenoxy) is 1. The molecule has 0 radical (unpaired) electrons. The van der Waals surface area contributed by atoms with Crippen LogP contribution in [0.25, 0.3) is 0 Å². The zero-order valence-electron chi connectivity index (χ0n) is 13.5. The normalized spacial score (nSPS) is 23.2. The largest absolute Gasteiger partial charge is 0.494 e. The number of hydrogen-bond donors (Lipinski definition) is 1. The molecule has 2 heterocycles. The summed E-state index contributed by atoms with van der Waals surface area (Å²) < 4.78 is 17.1. The fourth-order valence-electron chi connectivity index (χ4n) is 2.36. The van der Waals surface area contributed by atoms with Crippen LogP contribution in [0.3, 0.4) is 0 Å². The molecule has 5 nitrogen and oxygen atoms in total. The topological polar surface area (TPSA) is 56.8 Å². The van der Waals surface area contributed by atoms with E-state index in [0.29, 0.717) is 18.8 Å². The summed E-state index contributed by atoms with van der Waals surface area (Å²) in [7, 11) is -0.401. The Balaban J connectivity index is 1.68. The fraction of sp³-hybridized carbons (Fsp3) is 0.562. The van der Waals surface area contributed by atoms with Crippen LogP contribution >= 0.6 is 0 Å². The number of amides is 1. The molecule has 3 rings (SSSR count). The van der Waals surface area contributed by atoms with E-state index in [1.807, 2.05) is 39.8 Å². The number of hydrogen-bond acceptors (Lipinski definition) is 4. The average Bonchev–Trinajstić information content (AvgIpc) is 2.63. The Morgan fingerprint density at radius 3 is 2.09 bits per heavy atom. The van der Waals surface area contributed by atoms with Gasteiger partial charge in [-0.05, 0) is 45.3 Å². The summed E-state index contributed by atoms with van der Waals surface area (Å²) in [4.78, 5) is 12.1. The van der Waals surface area contributed by atoms with Gasteiger partial charge in [-0.2, -0.15) is 0 Å². The molecule has 1 N–H and O–H groups in total. The van der Waals surface area contributed by atoms with Crippen LogP contribution in [0.1, 0.15) is 38.1 Å². The second-order valence-electron chi connectivity index (χ2n) is 6.92. The standard InChI is InChI=1S/C16H22BNO4/c1-15(2)16(3,4)22-17(21-15)12-7-5-11(6-8-12)14(19)18-13-9-20-10-13/h5-8,13H,9-10H2,1-4H3,(H,18,19). The third-order valence-corrected chi connectivity index (χ3v) is 4.67. The van der Waals surface area contributed by atoms with E-state index in [1.165, 1.54) is 0 Å². The number of nitrogens with one attached hydrogen (secondary N) is 1. The van der Waals surface area contributed by atoms with Crippen molar-refractivity contribution in [2.24, 2.45) is 0 Å². The van der Waals surface area contributed by atoms with Gasteiger partial charge in [-0.25, -0.2) is 0 Å². The third kappa shape index (κ3) is 2.78. The molecule has 1 aromatic carbocycles. The zero-order valence-corrected chi connectivity index (χ0v) is 13.5. The maximum absolute atomic E-state index is 12.1. The highest BCUT2D eigenvalue weighted by molar-refractivity contribution is 6.62.